The number of hydrogen-bond donors (Lipinski definition) is 1. The van der Waals surface area contributed by atoms with Gasteiger partial charge in [-0.05, 0) is 45.7 Å². The zero-order chi connectivity index (χ0) is 15.5. The largest absolute Gasteiger partial charge is 0.458 e. The fraction of sp³-hybridized carbons (Fsp3) is 0.500. The van der Waals surface area contributed by atoms with Crippen LogP contribution >= 0.6 is 0 Å². The molecular formula is C16H22N2O3. The molecule has 0 saturated carbocycles. The Kier molecular flexibility index (Phi) is 4.50. The van der Waals surface area contributed by atoms with E-state index in [0.29, 0.717) is 13.0 Å². The molecule has 0 radical (unpaired) electrons. The Balaban J connectivity index is 2.01. The van der Waals surface area contributed by atoms with Crippen molar-refractivity contribution in [2.24, 2.45) is 0 Å². The zero-order valence-electron chi connectivity index (χ0n) is 12.8. The summed E-state index contributed by atoms with van der Waals surface area (Å²) >= 11 is 0. The third-order valence-corrected chi connectivity index (χ3v) is 3.22. The van der Waals surface area contributed by atoms with Crippen LogP contribution in [-0.4, -0.2) is 35.1 Å². The minimum absolute atomic E-state index is 0.255. The van der Waals surface area contributed by atoms with Gasteiger partial charge < -0.3 is 15.0 Å². The van der Waals surface area contributed by atoms with Gasteiger partial charge in [-0.2, -0.15) is 0 Å². The van der Waals surface area contributed by atoms with Crippen molar-refractivity contribution < 1.29 is 14.3 Å². The van der Waals surface area contributed by atoms with Crippen LogP contribution in [0.3, 0.4) is 0 Å². The Bertz CT molecular complexity index is 508. The number of hydrogen-bond acceptors (Lipinski definition) is 3. The van der Waals surface area contributed by atoms with Crippen molar-refractivity contribution >= 4 is 17.7 Å². The summed E-state index contributed by atoms with van der Waals surface area (Å²) in [6.45, 7) is 6.05. The highest BCUT2D eigenvalue weighted by molar-refractivity contribution is 5.93. The first-order valence-corrected chi connectivity index (χ1v) is 7.22. The Morgan fingerprint density at radius 2 is 1.90 bits per heavy atom. The lowest BCUT2D eigenvalue weighted by Crippen LogP contribution is -2.45. The minimum atomic E-state index is -0.540. The van der Waals surface area contributed by atoms with E-state index in [1.54, 1.807) is 4.90 Å². The Labute approximate surface area is 125 Å². The Morgan fingerprint density at radius 3 is 2.52 bits per heavy atom. The molecule has 5 heteroatoms. The van der Waals surface area contributed by atoms with Crippen LogP contribution in [0.15, 0.2) is 30.3 Å². The van der Waals surface area contributed by atoms with Gasteiger partial charge in [0.05, 0.1) is 0 Å². The second-order valence-electron chi connectivity index (χ2n) is 6.18. The quantitative estimate of drug-likeness (QED) is 0.852. The average Bonchev–Trinajstić information content (AvgIpc) is 2.87. The van der Waals surface area contributed by atoms with Crippen LogP contribution in [0.4, 0.5) is 10.5 Å². The molecule has 1 aromatic rings. The molecule has 1 N–H and O–H groups in total. The van der Waals surface area contributed by atoms with Crippen LogP contribution in [0, 0.1) is 0 Å². The summed E-state index contributed by atoms with van der Waals surface area (Å²) in [7, 11) is 0. The van der Waals surface area contributed by atoms with E-state index in [1.165, 1.54) is 0 Å². The lowest BCUT2D eigenvalue weighted by Gasteiger charge is -2.27. The van der Waals surface area contributed by atoms with Crippen LogP contribution < -0.4 is 5.32 Å². The first-order valence-electron chi connectivity index (χ1n) is 7.22. The summed E-state index contributed by atoms with van der Waals surface area (Å²) in [6.07, 6.45) is 1.46. The molecule has 1 aliphatic rings. The molecule has 1 atom stereocenters. The minimum Gasteiger partial charge on any atom is -0.458 e. The Morgan fingerprint density at radius 1 is 1.24 bits per heavy atom. The lowest BCUT2D eigenvalue weighted by atomic mass is 10.1. The van der Waals surface area contributed by atoms with Gasteiger partial charge in [0.15, 0.2) is 0 Å². The molecule has 1 fully saturated rings. The zero-order valence-corrected chi connectivity index (χ0v) is 12.8. The number of nitrogens with one attached hydrogen (secondary N) is 1. The number of carbonyl (C=O) groups excluding carboxylic acids is 2. The van der Waals surface area contributed by atoms with Crippen molar-refractivity contribution in [2.45, 2.75) is 45.3 Å². The molecule has 0 spiro atoms. The van der Waals surface area contributed by atoms with Crippen LogP contribution in [0.1, 0.15) is 33.6 Å². The monoisotopic (exact) mass is 290 g/mol. The third-order valence-electron chi connectivity index (χ3n) is 3.22. The molecule has 114 valence electrons. The van der Waals surface area contributed by atoms with Gasteiger partial charge in [0.1, 0.15) is 11.6 Å². The average molecular weight is 290 g/mol. The molecule has 1 aromatic carbocycles. The molecular weight excluding hydrogens is 268 g/mol. The smallest absolute Gasteiger partial charge is 0.329 e. The highest BCUT2D eigenvalue weighted by atomic mass is 16.6. The summed E-state index contributed by atoms with van der Waals surface area (Å²) in [4.78, 5) is 26.0. The highest BCUT2D eigenvalue weighted by Crippen LogP contribution is 2.22. The van der Waals surface area contributed by atoms with Gasteiger partial charge in [-0.1, -0.05) is 18.2 Å². The van der Waals surface area contributed by atoms with E-state index < -0.39 is 11.6 Å². The Hall–Kier alpha value is -2.04. The van der Waals surface area contributed by atoms with E-state index in [4.69, 9.17) is 4.74 Å². The maximum atomic E-state index is 12.3. The number of benzene rings is 1. The van der Waals surface area contributed by atoms with Gasteiger partial charge in [0.25, 0.3) is 0 Å². The SMILES string of the molecule is CC(C)(C)OC(=O)[C@H]1CCCN1C(=O)Nc1ccccc1. The summed E-state index contributed by atoms with van der Waals surface area (Å²) in [5.74, 6) is -0.330. The molecule has 1 aliphatic heterocycles. The fourth-order valence-electron chi connectivity index (χ4n) is 2.34. The summed E-state index contributed by atoms with van der Waals surface area (Å²) in [5, 5.41) is 2.81. The number of esters is 1. The van der Waals surface area contributed by atoms with E-state index in [2.05, 4.69) is 5.32 Å². The van der Waals surface area contributed by atoms with E-state index in [1.807, 2.05) is 51.1 Å². The van der Waals surface area contributed by atoms with Gasteiger partial charge in [-0.3, -0.25) is 0 Å². The van der Waals surface area contributed by atoms with Crippen LogP contribution in [0.5, 0.6) is 0 Å². The summed E-state index contributed by atoms with van der Waals surface area (Å²) in [5.41, 5.74) is 0.179. The van der Waals surface area contributed by atoms with E-state index in [0.717, 1.165) is 12.1 Å². The molecule has 0 bridgehead atoms. The molecule has 5 nitrogen and oxygen atoms in total. The van der Waals surface area contributed by atoms with Gasteiger partial charge in [-0.15, -0.1) is 0 Å². The van der Waals surface area contributed by atoms with E-state index >= 15 is 0 Å². The lowest BCUT2D eigenvalue weighted by molar-refractivity contribution is -0.159. The second-order valence-corrected chi connectivity index (χ2v) is 6.18. The number of amides is 2. The standard InChI is InChI=1S/C16H22N2O3/c1-16(2,3)21-14(19)13-10-7-11-18(13)15(20)17-12-8-5-4-6-9-12/h4-6,8-9,13H,7,10-11H2,1-3H3,(H,17,20)/t13-/m1/s1. The molecule has 0 aromatic heterocycles. The van der Waals surface area contributed by atoms with Gasteiger partial charge in [0.2, 0.25) is 0 Å². The summed E-state index contributed by atoms with van der Waals surface area (Å²) in [6, 6.07) is 8.47. The molecule has 1 saturated heterocycles. The predicted molar refractivity (Wildman–Crippen MR) is 81.0 cm³/mol. The van der Waals surface area contributed by atoms with Crippen molar-refractivity contribution in [1.29, 1.82) is 0 Å². The molecule has 0 unspecified atom stereocenters. The van der Waals surface area contributed by atoms with Crippen molar-refractivity contribution in [1.82, 2.24) is 4.90 Å². The number of anilines is 1. The van der Waals surface area contributed by atoms with Crippen LogP contribution in [0.25, 0.3) is 0 Å². The topological polar surface area (TPSA) is 58.6 Å². The number of para-hydroxylation sites is 1. The van der Waals surface area contributed by atoms with Gasteiger partial charge in [-0.25, -0.2) is 9.59 Å². The maximum Gasteiger partial charge on any atom is 0.329 e. The number of ether oxygens (including phenoxy) is 1. The van der Waals surface area contributed by atoms with Gasteiger partial charge in [0, 0.05) is 12.2 Å². The first-order chi connectivity index (χ1) is 9.87. The number of likely N-dealkylation sites (tertiary alicyclic amines) is 1. The predicted octanol–water partition coefficient (Wildman–Crippen LogP) is 3.02. The maximum absolute atomic E-state index is 12.3. The van der Waals surface area contributed by atoms with E-state index in [9.17, 15) is 9.59 Å². The van der Waals surface area contributed by atoms with Crippen molar-refractivity contribution in [3.63, 3.8) is 0 Å². The fourth-order valence-corrected chi connectivity index (χ4v) is 2.34. The number of carbonyl (C=O) groups is 2. The third kappa shape index (κ3) is 4.21. The molecule has 21 heavy (non-hydrogen) atoms. The van der Waals surface area contributed by atoms with E-state index in [-0.39, 0.29) is 12.0 Å². The second kappa shape index (κ2) is 6.16. The van der Waals surface area contributed by atoms with Crippen LogP contribution in [-0.2, 0) is 9.53 Å². The first kappa shape index (κ1) is 15.4. The summed E-state index contributed by atoms with van der Waals surface area (Å²) < 4.78 is 5.39. The normalized spacial score (nSPS) is 18.4. The van der Waals surface area contributed by atoms with Crippen molar-refractivity contribution in [2.75, 3.05) is 11.9 Å². The molecule has 1 heterocycles. The molecule has 2 amide bonds. The molecule has 0 aliphatic carbocycles. The van der Waals surface area contributed by atoms with Gasteiger partial charge >= 0.3 is 12.0 Å². The number of rotatable bonds is 2. The molecule has 2 rings (SSSR count). The highest BCUT2D eigenvalue weighted by Gasteiger charge is 2.36. The van der Waals surface area contributed by atoms with Crippen molar-refractivity contribution in [3.05, 3.63) is 30.3 Å². The van der Waals surface area contributed by atoms with Crippen molar-refractivity contribution in [3.8, 4) is 0 Å². The number of nitrogens with zero attached hydrogens (tertiary/aromatic N) is 1. The number of urea groups is 1. The van der Waals surface area contributed by atoms with Crippen LogP contribution in [0.2, 0.25) is 0 Å².